The molecule has 4 nitrogen and oxygen atoms in total. The Bertz CT molecular complexity index is 1110. The minimum Gasteiger partial charge on any atom is -0.481 e. The first kappa shape index (κ1) is 17.8. The Kier molecular flexibility index (Phi) is 5.23. The van der Waals surface area contributed by atoms with Crippen LogP contribution in [0.15, 0.2) is 60.1 Å². The smallest absolute Gasteiger partial charge is 0.257 e. The molecule has 0 aliphatic carbocycles. The molecule has 0 saturated heterocycles. The second-order valence-corrected chi connectivity index (χ2v) is 7.41. The summed E-state index contributed by atoms with van der Waals surface area (Å²) in [6.45, 7) is 0.514. The molecular weight excluding hydrogens is 380 g/mol. The van der Waals surface area contributed by atoms with Crippen LogP contribution in [0.3, 0.4) is 0 Å². The van der Waals surface area contributed by atoms with Gasteiger partial charge in [-0.25, -0.2) is 0 Å². The van der Waals surface area contributed by atoms with Crippen molar-refractivity contribution >= 4 is 49.8 Å². The van der Waals surface area contributed by atoms with Crippen LogP contribution in [0.25, 0.3) is 21.0 Å². The molecule has 2 aromatic heterocycles. The molecule has 0 atom stereocenters. The van der Waals surface area contributed by atoms with Crippen LogP contribution in [0.5, 0.6) is 5.75 Å². The third-order valence-corrected chi connectivity index (χ3v) is 5.66. The summed E-state index contributed by atoms with van der Waals surface area (Å²) in [6.07, 6.45) is 2.47. The molecule has 0 aliphatic rings. The van der Waals surface area contributed by atoms with E-state index in [1.807, 2.05) is 24.3 Å². The number of ether oxygens (including phenoxy) is 1. The van der Waals surface area contributed by atoms with Crippen LogP contribution >= 0.6 is 22.9 Å². The summed E-state index contributed by atoms with van der Waals surface area (Å²) in [5.74, 6) is 0.391. The summed E-state index contributed by atoms with van der Waals surface area (Å²) in [6, 6.07) is 15.5. The Morgan fingerprint density at radius 2 is 1.96 bits per heavy atom. The van der Waals surface area contributed by atoms with Crippen LogP contribution in [0, 0.1) is 0 Å². The van der Waals surface area contributed by atoms with E-state index >= 15 is 0 Å². The minimum atomic E-state index is -0.159. The van der Waals surface area contributed by atoms with Crippen molar-refractivity contribution in [2.24, 2.45) is 0 Å². The summed E-state index contributed by atoms with van der Waals surface area (Å²) in [5, 5.41) is 7.73. The number of nitrogens with zero attached hydrogens (tertiary/aromatic N) is 1. The molecule has 1 N–H and O–H groups in total. The first-order valence-electron chi connectivity index (χ1n) is 8.60. The third kappa shape index (κ3) is 3.89. The molecule has 2 aromatic carbocycles. The number of halogens is 1. The highest BCUT2D eigenvalue weighted by Gasteiger charge is 2.09. The molecule has 0 unspecified atom stereocenters. The lowest BCUT2D eigenvalue weighted by atomic mass is 10.1. The standard InChI is InChI=1S/C21H17ClN2O2S/c22-17-7-8-18(21-16(17)5-3-10-24-21)26-12-20(25)23-11-9-14-13-27-19-6-2-1-4-15(14)19/h1-8,10,13H,9,11-12H2,(H,23,25). The lowest BCUT2D eigenvalue weighted by Gasteiger charge is -2.10. The van der Waals surface area contributed by atoms with Gasteiger partial charge in [-0.1, -0.05) is 29.8 Å². The van der Waals surface area contributed by atoms with Crippen LogP contribution in [-0.2, 0) is 11.2 Å². The zero-order chi connectivity index (χ0) is 18.6. The number of nitrogens with one attached hydrogen (secondary N) is 1. The average Bonchev–Trinajstić information content (AvgIpc) is 3.11. The Balaban J connectivity index is 1.33. The normalized spacial score (nSPS) is 11.0. The zero-order valence-electron chi connectivity index (χ0n) is 14.4. The molecule has 0 radical (unpaired) electrons. The lowest BCUT2D eigenvalue weighted by molar-refractivity contribution is -0.123. The zero-order valence-corrected chi connectivity index (χ0v) is 16.0. The first-order chi connectivity index (χ1) is 13.2. The second-order valence-electron chi connectivity index (χ2n) is 6.09. The van der Waals surface area contributed by atoms with Crippen molar-refractivity contribution < 1.29 is 9.53 Å². The molecule has 0 saturated carbocycles. The van der Waals surface area contributed by atoms with Crippen LogP contribution in [-0.4, -0.2) is 24.0 Å². The fourth-order valence-electron chi connectivity index (χ4n) is 2.99. The van der Waals surface area contributed by atoms with Crippen molar-refractivity contribution in [3.05, 3.63) is 70.7 Å². The molecule has 4 rings (SSSR count). The third-order valence-electron chi connectivity index (χ3n) is 4.32. The van der Waals surface area contributed by atoms with Gasteiger partial charge in [0.05, 0.1) is 5.02 Å². The number of carbonyl (C=O) groups excluding carboxylic acids is 1. The molecule has 0 bridgehead atoms. The Hall–Kier alpha value is -2.63. The van der Waals surface area contributed by atoms with Gasteiger partial charge in [-0.3, -0.25) is 9.78 Å². The fourth-order valence-corrected chi connectivity index (χ4v) is 4.20. The number of thiophene rings is 1. The SMILES string of the molecule is O=C(COc1ccc(Cl)c2cccnc12)NCCc1csc2ccccc12. The van der Waals surface area contributed by atoms with Crippen LogP contribution in [0.4, 0.5) is 0 Å². The topological polar surface area (TPSA) is 51.2 Å². The molecule has 2 heterocycles. The maximum atomic E-state index is 12.1. The molecule has 0 fully saturated rings. The number of hydrogen-bond acceptors (Lipinski definition) is 4. The van der Waals surface area contributed by atoms with Crippen molar-refractivity contribution in [1.29, 1.82) is 0 Å². The summed E-state index contributed by atoms with van der Waals surface area (Å²) < 4.78 is 6.93. The Labute approximate surface area is 165 Å². The minimum absolute atomic E-state index is 0.0578. The van der Waals surface area contributed by atoms with Crippen molar-refractivity contribution in [3.63, 3.8) is 0 Å². The van der Waals surface area contributed by atoms with Gasteiger partial charge in [-0.2, -0.15) is 0 Å². The summed E-state index contributed by atoms with van der Waals surface area (Å²) in [5.41, 5.74) is 1.91. The van der Waals surface area contributed by atoms with Gasteiger partial charge in [0.25, 0.3) is 5.91 Å². The first-order valence-corrected chi connectivity index (χ1v) is 9.86. The van der Waals surface area contributed by atoms with E-state index in [1.165, 1.54) is 15.6 Å². The lowest BCUT2D eigenvalue weighted by Crippen LogP contribution is -2.30. The molecule has 4 aromatic rings. The predicted molar refractivity (Wildman–Crippen MR) is 111 cm³/mol. The number of hydrogen-bond donors (Lipinski definition) is 1. The van der Waals surface area contributed by atoms with Crippen LogP contribution in [0.1, 0.15) is 5.56 Å². The molecule has 27 heavy (non-hydrogen) atoms. The Morgan fingerprint density at radius 3 is 2.89 bits per heavy atom. The summed E-state index contributed by atoms with van der Waals surface area (Å²) in [4.78, 5) is 16.4. The highest BCUT2D eigenvalue weighted by Crippen LogP contribution is 2.29. The molecule has 0 aliphatic heterocycles. The number of carbonyl (C=O) groups is 1. The van der Waals surface area contributed by atoms with Gasteiger partial charge in [0.1, 0.15) is 11.3 Å². The molecule has 6 heteroatoms. The van der Waals surface area contributed by atoms with E-state index in [9.17, 15) is 4.79 Å². The Morgan fingerprint density at radius 1 is 1.11 bits per heavy atom. The average molecular weight is 397 g/mol. The monoisotopic (exact) mass is 396 g/mol. The van der Waals surface area contributed by atoms with Gasteiger partial charge in [0, 0.05) is 22.8 Å². The van der Waals surface area contributed by atoms with E-state index in [0.717, 1.165) is 11.8 Å². The van der Waals surface area contributed by atoms with E-state index < -0.39 is 0 Å². The van der Waals surface area contributed by atoms with E-state index in [1.54, 1.807) is 29.7 Å². The number of amides is 1. The van der Waals surface area contributed by atoms with Gasteiger partial charge in [-0.15, -0.1) is 11.3 Å². The largest absolute Gasteiger partial charge is 0.481 e. The molecular formula is C21H17ClN2O2S. The molecule has 1 amide bonds. The van der Waals surface area contributed by atoms with Crippen molar-refractivity contribution in [1.82, 2.24) is 10.3 Å². The van der Waals surface area contributed by atoms with E-state index in [-0.39, 0.29) is 12.5 Å². The van der Waals surface area contributed by atoms with Gasteiger partial charge in [-0.05, 0) is 53.1 Å². The second kappa shape index (κ2) is 7.94. The van der Waals surface area contributed by atoms with Crippen LogP contribution in [0.2, 0.25) is 5.02 Å². The van der Waals surface area contributed by atoms with Gasteiger partial charge in [0.2, 0.25) is 0 Å². The van der Waals surface area contributed by atoms with Gasteiger partial charge >= 0.3 is 0 Å². The van der Waals surface area contributed by atoms with Crippen molar-refractivity contribution in [2.45, 2.75) is 6.42 Å². The number of rotatable bonds is 6. The fraction of sp³-hybridized carbons (Fsp3) is 0.143. The number of fused-ring (bicyclic) bond motifs is 2. The van der Waals surface area contributed by atoms with Crippen molar-refractivity contribution in [2.75, 3.05) is 13.2 Å². The van der Waals surface area contributed by atoms with Crippen molar-refractivity contribution in [3.8, 4) is 5.75 Å². The quantitative estimate of drug-likeness (QED) is 0.507. The number of pyridine rings is 1. The van der Waals surface area contributed by atoms with E-state index in [4.69, 9.17) is 16.3 Å². The highest BCUT2D eigenvalue weighted by atomic mass is 35.5. The highest BCUT2D eigenvalue weighted by molar-refractivity contribution is 7.17. The number of benzene rings is 2. The maximum Gasteiger partial charge on any atom is 0.257 e. The number of aromatic nitrogens is 1. The summed E-state index contributed by atoms with van der Waals surface area (Å²) in [7, 11) is 0. The van der Waals surface area contributed by atoms with Crippen LogP contribution < -0.4 is 10.1 Å². The molecule has 136 valence electrons. The van der Waals surface area contributed by atoms with E-state index in [0.29, 0.717) is 22.8 Å². The summed E-state index contributed by atoms with van der Waals surface area (Å²) >= 11 is 7.90. The van der Waals surface area contributed by atoms with Gasteiger partial charge in [0.15, 0.2) is 6.61 Å². The van der Waals surface area contributed by atoms with E-state index in [2.05, 4.69) is 27.8 Å². The molecule has 0 spiro atoms. The van der Waals surface area contributed by atoms with Gasteiger partial charge < -0.3 is 10.1 Å². The predicted octanol–water partition coefficient (Wildman–Crippen LogP) is 4.84. The maximum absolute atomic E-state index is 12.1.